The van der Waals surface area contributed by atoms with Crippen LogP contribution in [0.2, 0.25) is 0 Å². The number of carbonyl (C=O) groups excluding carboxylic acids is 1. The highest BCUT2D eigenvalue weighted by molar-refractivity contribution is 5.81. The molecule has 1 heterocycles. The van der Waals surface area contributed by atoms with Gasteiger partial charge in [0, 0.05) is 38.6 Å². The molecule has 5 nitrogen and oxygen atoms in total. The summed E-state index contributed by atoms with van der Waals surface area (Å²) in [4.78, 5) is 19.2. The third-order valence-electron chi connectivity index (χ3n) is 6.16. The number of nitrogens with one attached hydrogen (secondary N) is 2. The minimum Gasteiger partial charge on any atom is -0.356 e. The van der Waals surface area contributed by atoms with Gasteiger partial charge in [-0.05, 0) is 43.2 Å². The van der Waals surface area contributed by atoms with Crippen LogP contribution in [0, 0.1) is 5.92 Å². The predicted molar refractivity (Wildman–Crippen MR) is 116 cm³/mol. The maximum absolute atomic E-state index is 12.7. The lowest BCUT2D eigenvalue weighted by atomic mass is 9.88. The highest BCUT2D eigenvalue weighted by atomic mass is 16.2. The van der Waals surface area contributed by atoms with Crippen molar-refractivity contribution in [1.29, 1.82) is 0 Å². The van der Waals surface area contributed by atoms with E-state index in [0.717, 1.165) is 57.7 Å². The Balaban J connectivity index is 1.40. The first-order valence-corrected chi connectivity index (χ1v) is 11.0. The Kier molecular flexibility index (Phi) is 7.75. The largest absolute Gasteiger partial charge is 0.356 e. The number of benzene rings is 1. The standard InChI is InChI=1S/C23H36N4O/c1-3-18-9-11-19(12-10-18)13-15-25-23(24-2)26-21-14-16-27(17-21)22(28)20-7-5-4-6-8-20/h9-12,20-21H,3-8,13-17H2,1-2H3,(H2,24,25,26). The minimum atomic E-state index is 0.268. The molecule has 3 rings (SSSR count). The first-order valence-electron chi connectivity index (χ1n) is 11.0. The van der Waals surface area contributed by atoms with Gasteiger partial charge in [-0.1, -0.05) is 50.5 Å². The van der Waals surface area contributed by atoms with Crippen molar-refractivity contribution in [3.05, 3.63) is 35.4 Å². The molecule has 1 atom stereocenters. The van der Waals surface area contributed by atoms with Crippen LogP contribution in [0.5, 0.6) is 0 Å². The number of rotatable bonds is 6. The number of nitrogens with zero attached hydrogens (tertiary/aromatic N) is 2. The van der Waals surface area contributed by atoms with Crippen LogP contribution in [0.4, 0.5) is 0 Å². The van der Waals surface area contributed by atoms with Gasteiger partial charge in [-0.2, -0.15) is 0 Å². The molecule has 154 valence electrons. The molecule has 5 heteroatoms. The van der Waals surface area contributed by atoms with Crippen molar-refractivity contribution in [2.45, 2.75) is 64.3 Å². The number of hydrogen-bond acceptors (Lipinski definition) is 2. The molecule has 1 unspecified atom stereocenters. The number of carbonyl (C=O) groups is 1. The van der Waals surface area contributed by atoms with Crippen molar-refractivity contribution in [2.24, 2.45) is 10.9 Å². The Morgan fingerprint density at radius 2 is 1.82 bits per heavy atom. The quantitative estimate of drug-likeness (QED) is 0.585. The van der Waals surface area contributed by atoms with Crippen molar-refractivity contribution < 1.29 is 4.79 Å². The average Bonchev–Trinajstić information content (AvgIpc) is 3.22. The summed E-state index contributed by atoms with van der Waals surface area (Å²) < 4.78 is 0. The third-order valence-corrected chi connectivity index (χ3v) is 6.16. The van der Waals surface area contributed by atoms with Crippen molar-refractivity contribution >= 4 is 11.9 Å². The van der Waals surface area contributed by atoms with Crippen LogP contribution < -0.4 is 10.6 Å². The molecule has 0 spiro atoms. The fourth-order valence-corrected chi connectivity index (χ4v) is 4.34. The van der Waals surface area contributed by atoms with Gasteiger partial charge in [0.1, 0.15) is 0 Å². The molecule has 1 aliphatic carbocycles. The molecular formula is C23H36N4O. The Bertz CT molecular complexity index is 649. The van der Waals surface area contributed by atoms with E-state index >= 15 is 0 Å². The number of aliphatic imine (C=N–C) groups is 1. The number of likely N-dealkylation sites (tertiary alicyclic amines) is 1. The lowest BCUT2D eigenvalue weighted by Gasteiger charge is -2.26. The summed E-state index contributed by atoms with van der Waals surface area (Å²) >= 11 is 0. The molecular weight excluding hydrogens is 348 g/mol. The van der Waals surface area contributed by atoms with E-state index in [1.54, 1.807) is 0 Å². The number of guanidine groups is 1. The van der Waals surface area contributed by atoms with Crippen molar-refractivity contribution in [3.8, 4) is 0 Å². The minimum absolute atomic E-state index is 0.268. The van der Waals surface area contributed by atoms with Crippen LogP contribution in [0.3, 0.4) is 0 Å². The molecule has 28 heavy (non-hydrogen) atoms. The molecule has 1 aromatic rings. The van der Waals surface area contributed by atoms with E-state index in [4.69, 9.17) is 0 Å². The average molecular weight is 385 g/mol. The molecule has 1 saturated heterocycles. The molecule has 0 bridgehead atoms. The molecule has 1 aromatic carbocycles. The second-order valence-electron chi connectivity index (χ2n) is 8.17. The monoisotopic (exact) mass is 384 g/mol. The van der Waals surface area contributed by atoms with E-state index in [1.165, 1.54) is 30.4 Å². The van der Waals surface area contributed by atoms with Crippen molar-refractivity contribution in [1.82, 2.24) is 15.5 Å². The maximum Gasteiger partial charge on any atom is 0.225 e. The molecule has 1 amide bonds. The zero-order valence-corrected chi connectivity index (χ0v) is 17.5. The Hall–Kier alpha value is -2.04. The second kappa shape index (κ2) is 10.5. The zero-order chi connectivity index (χ0) is 19.8. The summed E-state index contributed by atoms with van der Waals surface area (Å²) in [5.41, 5.74) is 2.72. The molecule has 1 saturated carbocycles. The highest BCUT2D eigenvalue weighted by Crippen LogP contribution is 2.26. The summed E-state index contributed by atoms with van der Waals surface area (Å²) in [5, 5.41) is 6.92. The van der Waals surface area contributed by atoms with Gasteiger partial charge in [-0.3, -0.25) is 9.79 Å². The Morgan fingerprint density at radius 1 is 1.11 bits per heavy atom. The van der Waals surface area contributed by atoms with Crippen molar-refractivity contribution in [3.63, 3.8) is 0 Å². The summed E-state index contributed by atoms with van der Waals surface area (Å²) in [6.07, 6.45) is 8.92. The highest BCUT2D eigenvalue weighted by Gasteiger charge is 2.31. The van der Waals surface area contributed by atoms with Crippen LogP contribution in [0.1, 0.15) is 56.6 Å². The summed E-state index contributed by atoms with van der Waals surface area (Å²) in [6, 6.07) is 9.13. The summed E-state index contributed by atoms with van der Waals surface area (Å²) in [6.45, 7) is 4.70. The van der Waals surface area contributed by atoms with E-state index < -0.39 is 0 Å². The van der Waals surface area contributed by atoms with Gasteiger partial charge in [0.25, 0.3) is 0 Å². The number of hydrogen-bond donors (Lipinski definition) is 2. The van der Waals surface area contributed by atoms with Crippen LogP contribution in [0.15, 0.2) is 29.3 Å². The lowest BCUT2D eigenvalue weighted by molar-refractivity contribution is -0.135. The van der Waals surface area contributed by atoms with Gasteiger partial charge >= 0.3 is 0 Å². The van der Waals surface area contributed by atoms with E-state index in [0.29, 0.717) is 11.9 Å². The molecule has 1 aliphatic heterocycles. The van der Waals surface area contributed by atoms with E-state index in [1.807, 2.05) is 7.05 Å². The lowest BCUT2D eigenvalue weighted by Crippen LogP contribution is -2.46. The molecule has 2 aliphatic rings. The fraction of sp³-hybridized carbons (Fsp3) is 0.652. The van der Waals surface area contributed by atoms with Crippen LogP contribution in [-0.2, 0) is 17.6 Å². The molecule has 2 fully saturated rings. The predicted octanol–water partition coefficient (Wildman–Crippen LogP) is 3.14. The normalized spacial score (nSPS) is 21.0. The third kappa shape index (κ3) is 5.73. The van der Waals surface area contributed by atoms with Gasteiger partial charge in [0.2, 0.25) is 5.91 Å². The Labute approximate surface area is 170 Å². The van der Waals surface area contributed by atoms with Gasteiger partial charge in [-0.15, -0.1) is 0 Å². The molecule has 2 N–H and O–H groups in total. The van der Waals surface area contributed by atoms with E-state index in [9.17, 15) is 4.79 Å². The number of aryl methyl sites for hydroxylation is 1. The van der Waals surface area contributed by atoms with E-state index in [2.05, 4.69) is 51.7 Å². The second-order valence-corrected chi connectivity index (χ2v) is 8.17. The van der Waals surface area contributed by atoms with Gasteiger partial charge in [-0.25, -0.2) is 0 Å². The van der Waals surface area contributed by atoms with Crippen LogP contribution >= 0.6 is 0 Å². The van der Waals surface area contributed by atoms with Gasteiger partial charge in [0.15, 0.2) is 5.96 Å². The van der Waals surface area contributed by atoms with Gasteiger partial charge < -0.3 is 15.5 Å². The number of amides is 1. The molecule has 0 radical (unpaired) electrons. The van der Waals surface area contributed by atoms with E-state index in [-0.39, 0.29) is 5.92 Å². The smallest absolute Gasteiger partial charge is 0.225 e. The molecule has 0 aromatic heterocycles. The first kappa shape index (κ1) is 20.7. The fourth-order valence-electron chi connectivity index (χ4n) is 4.34. The zero-order valence-electron chi connectivity index (χ0n) is 17.5. The summed E-state index contributed by atoms with van der Waals surface area (Å²) in [7, 11) is 1.81. The maximum atomic E-state index is 12.7. The van der Waals surface area contributed by atoms with Crippen LogP contribution in [0.25, 0.3) is 0 Å². The van der Waals surface area contributed by atoms with Crippen molar-refractivity contribution in [2.75, 3.05) is 26.7 Å². The Morgan fingerprint density at radius 3 is 2.50 bits per heavy atom. The summed E-state index contributed by atoms with van der Waals surface area (Å²) in [5.74, 6) is 1.48. The van der Waals surface area contributed by atoms with Crippen LogP contribution in [-0.4, -0.2) is 49.5 Å². The SMILES string of the molecule is CCc1ccc(CCNC(=NC)NC2CCN(C(=O)C3CCCCC3)C2)cc1. The van der Waals surface area contributed by atoms with Gasteiger partial charge in [0.05, 0.1) is 0 Å². The first-order chi connectivity index (χ1) is 13.7. The topological polar surface area (TPSA) is 56.7 Å².